The summed E-state index contributed by atoms with van der Waals surface area (Å²) in [6.45, 7) is 1.80. The summed E-state index contributed by atoms with van der Waals surface area (Å²) in [7, 11) is 0. The lowest BCUT2D eigenvalue weighted by Gasteiger charge is -2.12. The summed E-state index contributed by atoms with van der Waals surface area (Å²) in [6.07, 6.45) is -5.28. The average molecular weight is 337 g/mol. The molecule has 0 bridgehead atoms. The topological polar surface area (TPSA) is 29.4 Å². The van der Waals surface area contributed by atoms with Crippen LogP contribution in [0.3, 0.4) is 0 Å². The summed E-state index contributed by atoms with van der Waals surface area (Å²) in [6, 6.07) is 11.4. The number of aliphatic imine (C=N–C) groups is 1. The number of benzene rings is 2. The number of aryl methyl sites for hydroxylation is 1. The summed E-state index contributed by atoms with van der Waals surface area (Å²) in [4.78, 5) is 15.7. The maximum Gasteiger partial charge on any atom is 0.429 e. The molecule has 0 spiro atoms. The van der Waals surface area contributed by atoms with E-state index in [1.54, 1.807) is 25.1 Å². The maximum absolute atomic E-state index is 13.6. The van der Waals surface area contributed by atoms with Gasteiger partial charge in [0.15, 0.2) is 5.78 Å². The van der Waals surface area contributed by atoms with Crippen LogP contribution in [-0.2, 0) is 6.42 Å². The van der Waals surface area contributed by atoms with E-state index in [4.69, 9.17) is 0 Å². The number of nitrogens with zero attached hydrogens (tertiary/aromatic N) is 1. The van der Waals surface area contributed by atoms with Crippen molar-refractivity contribution in [3.8, 4) is 0 Å². The Morgan fingerprint density at radius 1 is 1.04 bits per heavy atom. The van der Waals surface area contributed by atoms with Crippen molar-refractivity contribution in [1.29, 1.82) is 0 Å². The predicted octanol–water partition coefficient (Wildman–Crippen LogP) is 5.30. The van der Waals surface area contributed by atoms with Gasteiger partial charge >= 0.3 is 6.18 Å². The van der Waals surface area contributed by atoms with E-state index in [-0.39, 0.29) is 11.3 Å². The largest absolute Gasteiger partial charge is 0.429 e. The highest BCUT2D eigenvalue weighted by atomic mass is 19.4. The maximum atomic E-state index is 13.6. The molecule has 0 saturated carbocycles. The normalized spacial score (nSPS) is 12.3. The molecule has 0 N–H and O–H groups in total. The molecule has 2 aromatic carbocycles. The van der Waals surface area contributed by atoms with Gasteiger partial charge in [0, 0.05) is 0 Å². The fourth-order valence-corrected chi connectivity index (χ4v) is 2.20. The zero-order valence-electron chi connectivity index (χ0n) is 12.9. The van der Waals surface area contributed by atoms with E-state index in [2.05, 4.69) is 4.99 Å². The third-order valence-electron chi connectivity index (χ3n) is 3.46. The number of halogens is 4. The Kier molecular flexibility index (Phi) is 5.49. The molecule has 0 fully saturated rings. The standard InChI is InChI=1S/C18H15F4NO/c1-2-12-7-3-6-10-15(12)23-17(18(20,21)22)11-16(24)13-8-4-5-9-14(13)19/h3-10H,2,11H2,1H3. The van der Waals surface area contributed by atoms with Crippen molar-refractivity contribution >= 4 is 17.2 Å². The Morgan fingerprint density at radius 2 is 1.67 bits per heavy atom. The van der Waals surface area contributed by atoms with Crippen LogP contribution in [0.1, 0.15) is 29.3 Å². The number of hydrogen-bond donors (Lipinski definition) is 0. The van der Waals surface area contributed by atoms with Gasteiger partial charge in [-0.25, -0.2) is 9.38 Å². The predicted molar refractivity (Wildman–Crippen MR) is 84.3 cm³/mol. The zero-order valence-corrected chi connectivity index (χ0v) is 12.9. The van der Waals surface area contributed by atoms with Crippen LogP contribution in [0.5, 0.6) is 0 Å². The van der Waals surface area contributed by atoms with Crippen LogP contribution in [0, 0.1) is 5.82 Å². The number of carbonyl (C=O) groups is 1. The van der Waals surface area contributed by atoms with E-state index in [0.29, 0.717) is 12.0 Å². The lowest BCUT2D eigenvalue weighted by Crippen LogP contribution is -2.26. The molecule has 0 aromatic heterocycles. The molecule has 2 rings (SSSR count). The van der Waals surface area contributed by atoms with E-state index < -0.39 is 29.9 Å². The summed E-state index contributed by atoms with van der Waals surface area (Å²) in [5.74, 6) is -1.81. The highest BCUT2D eigenvalue weighted by Gasteiger charge is 2.37. The molecule has 0 heterocycles. The van der Waals surface area contributed by atoms with Gasteiger partial charge in [-0.3, -0.25) is 4.79 Å². The van der Waals surface area contributed by atoms with Crippen molar-refractivity contribution in [2.24, 2.45) is 4.99 Å². The fraction of sp³-hybridized carbons (Fsp3) is 0.222. The molecule has 24 heavy (non-hydrogen) atoms. The van der Waals surface area contributed by atoms with Crippen molar-refractivity contribution < 1.29 is 22.4 Å². The van der Waals surface area contributed by atoms with Crippen molar-refractivity contribution in [1.82, 2.24) is 0 Å². The van der Waals surface area contributed by atoms with Crippen molar-refractivity contribution in [3.63, 3.8) is 0 Å². The van der Waals surface area contributed by atoms with E-state index in [9.17, 15) is 22.4 Å². The van der Waals surface area contributed by atoms with Gasteiger partial charge in [-0.05, 0) is 30.2 Å². The summed E-state index contributed by atoms with van der Waals surface area (Å²) in [5, 5.41) is 0. The lowest BCUT2D eigenvalue weighted by atomic mass is 10.0. The molecule has 0 atom stereocenters. The Bertz CT molecular complexity index is 766. The molecule has 2 nitrogen and oxygen atoms in total. The van der Waals surface area contributed by atoms with Crippen molar-refractivity contribution in [3.05, 3.63) is 65.5 Å². The summed E-state index contributed by atoms with van der Waals surface area (Å²) >= 11 is 0. The zero-order chi connectivity index (χ0) is 17.7. The SMILES string of the molecule is CCc1ccccc1N=C(CC(=O)c1ccccc1F)C(F)(F)F. The van der Waals surface area contributed by atoms with Gasteiger partial charge in [0.2, 0.25) is 0 Å². The van der Waals surface area contributed by atoms with Crippen LogP contribution in [0.15, 0.2) is 53.5 Å². The van der Waals surface area contributed by atoms with Gasteiger partial charge in [-0.1, -0.05) is 37.3 Å². The molecule has 126 valence electrons. The molecule has 0 aliphatic rings. The van der Waals surface area contributed by atoms with Gasteiger partial charge < -0.3 is 0 Å². The van der Waals surface area contributed by atoms with E-state index in [1.165, 1.54) is 18.2 Å². The Balaban J connectivity index is 2.38. The highest BCUT2D eigenvalue weighted by molar-refractivity contribution is 6.12. The minimum Gasteiger partial charge on any atom is -0.294 e. The first kappa shape index (κ1) is 17.8. The van der Waals surface area contributed by atoms with Crippen LogP contribution in [-0.4, -0.2) is 17.7 Å². The molecule has 0 unspecified atom stereocenters. The second-order valence-corrected chi connectivity index (χ2v) is 5.12. The number of Topliss-reactive ketones (excluding diaryl/α,β-unsaturated/α-hetero) is 1. The van der Waals surface area contributed by atoms with Crippen LogP contribution in [0.4, 0.5) is 23.2 Å². The van der Waals surface area contributed by atoms with Gasteiger partial charge in [0.1, 0.15) is 11.5 Å². The molecule has 0 aliphatic carbocycles. The molecular weight excluding hydrogens is 322 g/mol. The Hall–Kier alpha value is -2.50. The summed E-state index contributed by atoms with van der Waals surface area (Å²) < 4.78 is 53.3. The smallest absolute Gasteiger partial charge is 0.294 e. The second kappa shape index (κ2) is 7.38. The number of rotatable bonds is 5. The van der Waals surface area contributed by atoms with Crippen molar-refractivity contribution in [2.45, 2.75) is 25.9 Å². The van der Waals surface area contributed by atoms with Crippen LogP contribution < -0.4 is 0 Å². The minimum absolute atomic E-state index is 0.161. The lowest BCUT2D eigenvalue weighted by molar-refractivity contribution is -0.0601. The van der Waals surface area contributed by atoms with Gasteiger partial charge in [0.05, 0.1) is 17.7 Å². The van der Waals surface area contributed by atoms with E-state index in [0.717, 1.165) is 12.1 Å². The monoisotopic (exact) mass is 337 g/mol. The number of carbonyl (C=O) groups excluding carboxylic acids is 1. The third kappa shape index (κ3) is 4.28. The van der Waals surface area contributed by atoms with Gasteiger partial charge in [-0.2, -0.15) is 13.2 Å². The second-order valence-electron chi connectivity index (χ2n) is 5.12. The minimum atomic E-state index is -4.78. The average Bonchev–Trinajstić information content (AvgIpc) is 2.54. The first-order valence-electron chi connectivity index (χ1n) is 7.33. The molecular formula is C18H15F4NO. The summed E-state index contributed by atoms with van der Waals surface area (Å²) in [5.41, 5.74) is -0.818. The number of alkyl halides is 3. The van der Waals surface area contributed by atoms with Crippen LogP contribution >= 0.6 is 0 Å². The Labute approximate surface area is 136 Å². The number of para-hydroxylation sites is 1. The molecule has 2 aromatic rings. The molecule has 6 heteroatoms. The fourth-order valence-electron chi connectivity index (χ4n) is 2.20. The number of hydrogen-bond acceptors (Lipinski definition) is 2. The quantitative estimate of drug-likeness (QED) is 0.414. The number of ketones is 1. The van der Waals surface area contributed by atoms with Crippen LogP contribution in [0.2, 0.25) is 0 Å². The van der Waals surface area contributed by atoms with Crippen LogP contribution in [0.25, 0.3) is 0 Å². The highest BCUT2D eigenvalue weighted by Crippen LogP contribution is 2.27. The third-order valence-corrected chi connectivity index (χ3v) is 3.46. The molecule has 0 aliphatic heterocycles. The molecule has 0 amide bonds. The van der Waals surface area contributed by atoms with E-state index >= 15 is 0 Å². The van der Waals surface area contributed by atoms with Crippen molar-refractivity contribution in [2.75, 3.05) is 0 Å². The van der Waals surface area contributed by atoms with Gasteiger partial charge in [0.25, 0.3) is 0 Å². The Morgan fingerprint density at radius 3 is 2.29 bits per heavy atom. The first-order chi connectivity index (χ1) is 11.3. The first-order valence-corrected chi connectivity index (χ1v) is 7.33. The van der Waals surface area contributed by atoms with E-state index in [1.807, 2.05) is 0 Å². The van der Waals surface area contributed by atoms with Gasteiger partial charge in [-0.15, -0.1) is 0 Å². The molecule has 0 saturated heterocycles. The molecule has 0 radical (unpaired) electrons.